The summed E-state index contributed by atoms with van der Waals surface area (Å²) in [5.41, 5.74) is 0. The highest BCUT2D eigenvalue weighted by Gasteiger charge is 2.18. The van der Waals surface area contributed by atoms with Crippen LogP contribution in [-0.2, 0) is 11.2 Å². The molecule has 0 aliphatic heterocycles. The van der Waals surface area contributed by atoms with Crippen molar-refractivity contribution < 1.29 is 9.53 Å². The quantitative estimate of drug-likeness (QED) is 0.838. The predicted molar refractivity (Wildman–Crippen MR) is 89.1 cm³/mol. The second-order valence-corrected chi connectivity index (χ2v) is 6.48. The van der Waals surface area contributed by atoms with E-state index in [9.17, 15) is 4.79 Å². The second-order valence-electron chi connectivity index (χ2n) is 4.58. The van der Waals surface area contributed by atoms with Gasteiger partial charge in [0.05, 0.1) is 5.02 Å². The average molecular weight is 360 g/mol. The van der Waals surface area contributed by atoms with Gasteiger partial charge < -0.3 is 4.74 Å². The molecular weight excluding hydrogens is 345 g/mol. The zero-order valence-electron chi connectivity index (χ0n) is 12.1. The van der Waals surface area contributed by atoms with Gasteiger partial charge in [-0.25, -0.2) is 0 Å². The number of halogens is 2. The topological polar surface area (TPSA) is 64.1 Å². The Hall–Kier alpha value is -1.37. The third-order valence-electron chi connectivity index (χ3n) is 2.73. The number of benzene rings is 1. The summed E-state index contributed by atoms with van der Waals surface area (Å²) in [7, 11) is 0. The van der Waals surface area contributed by atoms with Crippen LogP contribution in [0, 0.1) is 0 Å². The molecule has 0 aliphatic carbocycles. The molecule has 0 fully saturated rings. The summed E-state index contributed by atoms with van der Waals surface area (Å²) in [6, 6.07) is 4.83. The van der Waals surface area contributed by atoms with Crippen LogP contribution >= 0.6 is 34.5 Å². The minimum absolute atomic E-state index is 0.315. The molecule has 0 saturated carbocycles. The van der Waals surface area contributed by atoms with Crippen LogP contribution in [0.25, 0.3) is 0 Å². The first kappa shape index (κ1) is 17.0. The second kappa shape index (κ2) is 7.76. The number of anilines is 1. The zero-order chi connectivity index (χ0) is 16.1. The van der Waals surface area contributed by atoms with Gasteiger partial charge in [0, 0.05) is 11.4 Å². The maximum Gasteiger partial charge on any atom is 0.266 e. The van der Waals surface area contributed by atoms with Crippen molar-refractivity contribution in [3.63, 3.8) is 0 Å². The van der Waals surface area contributed by atoms with Crippen molar-refractivity contribution in [1.29, 1.82) is 0 Å². The summed E-state index contributed by atoms with van der Waals surface area (Å²) >= 11 is 13.2. The molecule has 1 heterocycles. The standard InChI is InChI=1S/C14H15Cl2N3O2S/c1-3-4-12-18-19-14(22-12)17-13(20)8(2)21-11-6-5-9(15)7-10(11)16/h5-8H,3-4H2,1-2H3,(H,17,19,20)/t8-/m1/s1. The summed E-state index contributed by atoms with van der Waals surface area (Å²) < 4.78 is 5.54. The normalized spacial score (nSPS) is 12.0. The average Bonchev–Trinajstić information content (AvgIpc) is 2.89. The molecule has 1 aromatic carbocycles. The Morgan fingerprint density at radius 3 is 2.86 bits per heavy atom. The Morgan fingerprint density at radius 1 is 1.41 bits per heavy atom. The number of hydrogen-bond acceptors (Lipinski definition) is 5. The Labute approximate surface area is 142 Å². The Kier molecular flexibility index (Phi) is 5.99. The minimum atomic E-state index is -0.725. The van der Waals surface area contributed by atoms with E-state index >= 15 is 0 Å². The van der Waals surface area contributed by atoms with E-state index in [0.717, 1.165) is 17.8 Å². The van der Waals surface area contributed by atoms with Crippen molar-refractivity contribution in [3.05, 3.63) is 33.3 Å². The maximum atomic E-state index is 12.1. The van der Waals surface area contributed by atoms with E-state index in [2.05, 4.69) is 22.4 Å². The fraction of sp³-hybridized carbons (Fsp3) is 0.357. The third-order valence-corrected chi connectivity index (χ3v) is 4.16. The number of nitrogens with zero attached hydrogens (tertiary/aromatic N) is 2. The Balaban J connectivity index is 1.96. The van der Waals surface area contributed by atoms with Crippen molar-refractivity contribution in [3.8, 4) is 5.75 Å². The number of rotatable bonds is 6. The van der Waals surface area contributed by atoms with E-state index in [4.69, 9.17) is 27.9 Å². The number of ether oxygens (including phenoxy) is 1. The van der Waals surface area contributed by atoms with E-state index < -0.39 is 6.10 Å². The van der Waals surface area contributed by atoms with Crippen molar-refractivity contribution in [2.45, 2.75) is 32.8 Å². The van der Waals surface area contributed by atoms with Crippen molar-refractivity contribution in [1.82, 2.24) is 10.2 Å². The molecule has 0 unspecified atom stereocenters. The molecule has 0 aliphatic rings. The zero-order valence-corrected chi connectivity index (χ0v) is 14.4. The van der Waals surface area contributed by atoms with Crippen LogP contribution in [-0.4, -0.2) is 22.2 Å². The third kappa shape index (κ3) is 4.56. The van der Waals surface area contributed by atoms with Crippen LogP contribution in [0.3, 0.4) is 0 Å². The Morgan fingerprint density at radius 2 is 2.18 bits per heavy atom. The first-order chi connectivity index (χ1) is 10.5. The molecule has 1 atom stereocenters. The van der Waals surface area contributed by atoms with Crippen LogP contribution in [0.2, 0.25) is 10.0 Å². The highest BCUT2D eigenvalue weighted by atomic mass is 35.5. The number of aryl methyl sites for hydroxylation is 1. The summed E-state index contributed by atoms with van der Waals surface area (Å²) in [6.07, 6.45) is 1.11. The van der Waals surface area contributed by atoms with Crippen LogP contribution in [0.5, 0.6) is 5.75 Å². The maximum absolute atomic E-state index is 12.1. The van der Waals surface area contributed by atoms with E-state index in [1.165, 1.54) is 11.3 Å². The fourth-order valence-electron chi connectivity index (χ4n) is 1.64. The molecule has 0 radical (unpaired) electrons. The van der Waals surface area contributed by atoms with Gasteiger partial charge in [0.2, 0.25) is 5.13 Å². The van der Waals surface area contributed by atoms with Crippen molar-refractivity contribution in [2.24, 2.45) is 0 Å². The van der Waals surface area contributed by atoms with Crippen molar-refractivity contribution in [2.75, 3.05) is 5.32 Å². The number of aromatic nitrogens is 2. The van der Waals surface area contributed by atoms with Crippen LogP contribution in [0.1, 0.15) is 25.3 Å². The van der Waals surface area contributed by atoms with E-state index in [1.54, 1.807) is 25.1 Å². The molecule has 22 heavy (non-hydrogen) atoms. The molecule has 8 heteroatoms. The lowest BCUT2D eigenvalue weighted by molar-refractivity contribution is -0.122. The van der Waals surface area contributed by atoms with Gasteiger partial charge in [0.15, 0.2) is 6.10 Å². The highest BCUT2D eigenvalue weighted by Crippen LogP contribution is 2.28. The number of amides is 1. The molecule has 0 saturated heterocycles. The number of hydrogen-bond donors (Lipinski definition) is 1. The van der Waals surface area contributed by atoms with Gasteiger partial charge in [-0.05, 0) is 31.5 Å². The van der Waals surface area contributed by atoms with E-state index in [0.29, 0.717) is 20.9 Å². The first-order valence-corrected chi connectivity index (χ1v) is 8.31. The molecule has 0 bridgehead atoms. The summed E-state index contributed by atoms with van der Waals surface area (Å²) in [4.78, 5) is 12.1. The predicted octanol–water partition coefficient (Wildman–Crippen LogP) is 4.20. The molecule has 0 spiro atoms. The van der Waals surface area contributed by atoms with Gasteiger partial charge in [0.25, 0.3) is 5.91 Å². The summed E-state index contributed by atoms with van der Waals surface area (Å²) in [6.45, 7) is 3.69. The van der Waals surface area contributed by atoms with Gasteiger partial charge >= 0.3 is 0 Å². The van der Waals surface area contributed by atoms with Crippen LogP contribution in [0.15, 0.2) is 18.2 Å². The molecular formula is C14H15Cl2N3O2S. The molecule has 118 valence electrons. The number of carbonyl (C=O) groups excluding carboxylic acids is 1. The largest absolute Gasteiger partial charge is 0.479 e. The van der Waals surface area contributed by atoms with Crippen LogP contribution in [0.4, 0.5) is 5.13 Å². The van der Waals surface area contributed by atoms with Crippen molar-refractivity contribution >= 4 is 45.6 Å². The molecule has 1 N–H and O–H groups in total. The van der Waals surface area contributed by atoms with E-state index in [1.807, 2.05) is 0 Å². The molecule has 1 aromatic heterocycles. The smallest absolute Gasteiger partial charge is 0.266 e. The lowest BCUT2D eigenvalue weighted by Crippen LogP contribution is -2.30. The Bertz CT molecular complexity index is 663. The molecule has 2 rings (SSSR count). The van der Waals surface area contributed by atoms with E-state index in [-0.39, 0.29) is 5.91 Å². The molecule has 2 aromatic rings. The highest BCUT2D eigenvalue weighted by molar-refractivity contribution is 7.15. The monoisotopic (exact) mass is 359 g/mol. The molecule has 1 amide bonds. The lowest BCUT2D eigenvalue weighted by Gasteiger charge is -2.14. The van der Waals surface area contributed by atoms with Gasteiger partial charge in [-0.15, -0.1) is 10.2 Å². The van der Waals surface area contributed by atoms with Crippen LogP contribution < -0.4 is 10.1 Å². The number of nitrogens with one attached hydrogen (secondary N) is 1. The summed E-state index contributed by atoms with van der Waals surface area (Å²) in [5.74, 6) is 0.0860. The minimum Gasteiger partial charge on any atom is -0.479 e. The van der Waals surface area contributed by atoms with Gasteiger partial charge in [-0.1, -0.05) is 41.5 Å². The van der Waals surface area contributed by atoms with Gasteiger partial charge in [-0.3, -0.25) is 10.1 Å². The van der Waals surface area contributed by atoms with Gasteiger partial charge in [-0.2, -0.15) is 0 Å². The number of carbonyl (C=O) groups is 1. The summed E-state index contributed by atoms with van der Waals surface area (Å²) in [5, 5.41) is 12.8. The van der Waals surface area contributed by atoms with Gasteiger partial charge in [0.1, 0.15) is 10.8 Å². The fourth-order valence-corrected chi connectivity index (χ4v) is 2.94. The lowest BCUT2D eigenvalue weighted by atomic mass is 10.3. The SMILES string of the molecule is CCCc1nnc(NC(=O)[C@@H](C)Oc2ccc(Cl)cc2Cl)s1. The first-order valence-electron chi connectivity index (χ1n) is 6.74. The molecule has 5 nitrogen and oxygen atoms in total.